The summed E-state index contributed by atoms with van der Waals surface area (Å²) in [5, 5.41) is 17.5. The fourth-order valence-corrected chi connectivity index (χ4v) is 4.08. The molecule has 30 heavy (non-hydrogen) atoms. The van der Waals surface area contributed by atoms with Gasteiger partial charge in [-0.15, -0.1) is 0 Å². The Labute approximate surface area is 178 Å². The molecule has 8 nitrogen and oxygen atoms in total. The van der Waals surface area contributed by atoms with Crippen LogP contribution in [0.1, 0.15) is 24.5 Å². The average Bonchev–Trinajstić information content (AvgIpc) is 3.24. The van der Waals surface area contributed by atoms with Gasteiger partial charge >= 0.3 is 0 Å². The molecule has 0 aliphatic carbocycles. The summed E-state index contributed by atoms with van der Waals surface area (Å²) in [7, 11) is 1.60. The number of hydrogen-bond donors (Lipinski definition) is 2. The van der Waals surface area contributed by atoms with Crippen LogP contribution in [0.2, 0.25) is 5.02 Å². The standard InChI is InChI=1S/C21H22ClN5O3/c1-30-17-10-14(22)2-3-15(17)21-19(16-4-7-23-12-24-16)20(25-26-21)13-5-8-27(9-6-13)18(29)11-28/h2-4,7,10,12-13,28H,5-6,8-9,11H2,1H3,(H,25,26). The van der Waals surface area contributed by atoms with Crippen molar-refractivity contribution in [1.29, 1.82) is 0 Å². The van der Waals surface area contributed by atoms with Gasteiger partial charge in [0.25, 0.3) is 0 Å². The quantitative estimate of drug-likeness (QED) is 0.648. The highest BCUT2D eigenvalue weighted by atomic mass is 35.5. The van der Waals surface area contributed by atoms with Crippen molar-refractivity contribution in [3.05, 3.63) is 47.5 Å². The predicted molar refractivity (Wildman–Crippen MR) is 112 cm³/mol. The van der Waals surface area contributed by atoms with E-state index in [4.69, 9.17) is 21.4 Å². The number of hydrogen-bond acceptors (Lipinski definition) is 6. The van der Waals surface area contributed by atoms with E-state index < -0.39 is 6.61 Å². The van der Waals surface area contributed by atoms with Gasteiger partial charge in [-0.2, -0.15) is 5.10 Å². The molecule has 1 aromatic carbocycles. The van der Waals surface area contributed by atoms with Gasteiger partial charge in [-0.25, -0.2) is 9.97 Å². The number of aliphatic hydroxyl groups is 1. The fraction of sp³-hybridized carbons (Fsp3) is 0.333. The minimum absolute atomic E-state index is 0.178. The molecule has 9 heteroatoms. The molecule has 1 aliphatic rings. The van der Waals surface area contributed by atoms with Crippen LogP contribution in [0.15, 0.2) is 36.8 Å². The second-order valence-corrected chi connectivity index (χ2v) is 7.55. The average molecular weight is 428 g/mol. The van der Waals surface area contributed by atoms with Crippen molar-refractivity contribution in [1.82, 2.24) is 25.1 Å². The van der Waals surface area contributed by atoms with Crippen molar-refractivity contribution < 1.29 is 14.6 Å². The van der Waals surface area contributed by atoms with Gasteiger partial charge in [-0.05, 0) is 37.1 Å². The first-order chi connectivity index (χ1) is 14.6. The molecule has 0 saturated carbocycles. The van der Waals surface area contributed by atoms with Crippen molar-refractivity contribution in [2.45, 2.75) is 18.8 Å². The summed E-state index contributed by atoms with van der Waals surface area (Å²) in [4.78, 5) is 22.0. The number of ether oxygens (including phenoxy) is 1. The van der Waals surface area contributed by atoms with E-state index in [-0.39, 0.29) is 11.8 Å². The molecule has 1 aliphatic heterocycles. The van der Waals surface area contributed by atoms with E-state index in [9.17, 15) is 4.79 Å². The van der Waals surface area contributed by atoms with Gasteiger partial charge in [0.05, 0.1) is 12.8 Å². The molecule has 0 radical (unpaired) electrons. The zero-order valence-electron chi connectivity index (χ0n) is 16.5. The van der Waals surface area contributed by atoms with E-state index in [0.29, 0.717) is 23.9 Å². The number of halogens is 1. The van der Waals surface area contributed by atoms with Gasteiger partial charge in [0.2, 0.25) is 5.91 Å². The van der Waals surface area contributed by atoms with Gasteiger partial charge in [0.15, 0.2) is 0 Å². The lowest BCUT2D eigenvalue weighted by atomic mass is 9.88. The third kappa shape index (κ3) is 3.88. The number of nitrogens with zero attached hydrogens (tertiary/aromatic N) is 4. The Morgan fingerprint density at radius 3 is 2.80 bits per heavy atom. The molecular formula is C21H22ClN5O3. The largest absolute Gasteiger partial charge is 0.496 e. The normalized spacial score (nSPS) is 14.7. The first-order valence-electron chi connectivity index (χ1n) is 9.69. The van der Waals surface area contributed by atoms with Crippen LogP contribution in [-0.2, 0) is 4.79 Å². The number of nitrogens with one attached hydrogen (secondary N) is 1. The number of amides is 1. The Morgan fingerprint density at radius 2 is 2.13 bits per heavy atom. The molecule has 3 heterocycles. The molecule has 2 N–H and O–H groups in total. The maximum absolute atomic E-state index is 11.8. The zero-order valence-corrected chi connectivity index (χ0v) is 17.3. The van der Waals surface area contributed by atoms with Gasteiger partial charge in [-0.3, -0.25) is 9.89 Å². The lowest BCUT2D eigenvalue weighted by Crippen LogP contribution is -2.39. The number of aromatic nitrogens is 4. The molecule has 3 aromatic rings. The molecular weight excluding hydrogens is 406 g/mol. The highest BCUT2D eigenvalue weighted by molar-refractivity contribution is 6.30. The van der Waals surface area contributed by atoms with Crippen LogP contribution in [0.4, 0.5) is 0 Å². The van der Waals surface area contributed by atoms with Gasteiger partial charge in [0.1, 0.15) is 24.4 Å². The SMILES string of the molecule is COc1cc(Cl)ccc1-c1n[nH]c(C2CCN(C(=O)CO)CC2)c1-c1ccncn1. The summed E-state index contributed by atoms with van der Waals surface area (Å²) < 4.78 is 5.54. The summed E-state index contributed by atoms with van der Waals surface area (Å²) in [6, 6.07) is 7.30. The summed E-state index contributed by atoms with van der Waals surface area (Å²) in [6.07, 6.45) is 4.74. The van der Waals surface area contributed by atoms with Gasteiger partial charge in [-0.1, -0.05) is 11.6 Å². The number of carbonyl (C=O) groups excluding carboxylic acids is 1. The van der Waals surface area contributed by atoms with E-state index in [1.807, 2.05) is 12.1 Å². The Kier molecular flexibility index (Phi) is 5.96. The molecule has 2 aromatic heterocycles. The second kappa shape index (κ2) is 8.81. The number of methoxy groups -OCH3 is 1. The number of aromatic amines is 1. The van der Waals surface area contributed by atoms with Crippen LogP contribution in [0.3, 0.4) is 0 Å². The highest BCUT2D eigenvalue weighted by Crippen LogP contribution is 2.42. The van der Waals surface area contributed by atoms with E-state index in [0.717, 1.165) is 41.1 Å². The predicted octanol–water partition coefficient (Wildman–Crippen LogP) is 2.89. The summed E-state index contributed by atoms with van der Waals surface area (Å²) >= 11 is 6.14. The molecule has 1 amide bonds. The zero-order chi connectivity index (χ0) is 21.1. The monoisotopic (exact) mass is 427 g/mol. The number of piperidine rings is 1. The van der Waals surface area contributed by atoms with E-state index in [2.05, 4.69) is 20.2 Å². The van der Waals surface area contributed by atoms with Crippen LogP contribution in [0.5, 0.6) is 5.75 Å². The van der Waals surface area contributed by atoms with Crippen molar-refractivity contribution >= 4 is 17.5 Å². The van der Waals surface area contributed by atoms with Crippen molar-refractivity contribution in [3.8, 4) is 28.3 Å². The van der Waals surface area contributed by atoms with Crippen molar-refractivity contribution in [2.24, 2.45) is 0 Å². The number of likely N-dealkylation sites (tertiary alicyclic amines) is 1. The molecule has 1 fully saturated rings. The molecule has 0 spiro atoms. The smallest absolute Gasteiger partial charge is 0.248 e. The fourth-order valence-electron chi connectivity index (χ4n) is 3.92. The van der Waals surface area contributed by atoms with Crippen LogP contribution < -0.4 is 4.74 Å². The molecule has 0 atom stereocenters. The third-order valence-corrected chi connectivity index (χ3v) is 5.68. The molecule has 156 valence electrons. The Hall–Kier alpha value is -2.97. The molecule has 4 rings (SSSR count). The van der Waals surface area contributed by atoms with Gasteiger partial charge in [0, 0.05) is 47.0 Å². The second-order valence-electron chi connectivity index (χ2n) is 7.11. The molecule has 1 saturated heterocycles. The van der Waals surface area contributed by atoms with Crippen LogP contribution in [-0.4, -0.2) is 62.9 Å². The maximum atomic E-state index is 11.8. The highest BCUT2D eigenvalue weighted by Gasteiger charge is 2.29. The lowest BCUT2D eigenvalue weighted by Gasteiger charge is -2.31. The summed E-state index contributed by atoms with van der Waals surface area (Å²) in [6.45, 7) is 0.721. The molecule has 0 bridgehead atoms. The number of carbonyl (C=O) groups is 1. The van der Waals surface area contributed by atoms with Crippen molar-refractivity contribution in [2.75, 3.05) is 26.8 Å². The van der Waals surface area contributed by atoms with Crippen LogP contribution >= 0.6 is 11.6 Å². The van der Waals surface area contributed by atoms with Gasteiger partial charge < -0.3 is 14.7 Å². The van der Waals surface area contributed by atoms with E-state index in [1.54, 1.807) is 30.3 Å². The topological polar surface area (TPSA) is 104 Å². The maximum Gasteiger partial charge on any atom is 0.248 e. The van der Waals surface area contributed by atoms with Crippen LogP contribution in [0, 0.1) is 0 Å². The Morgan fingerprint density at radius 1 is 1.33 bits per heavy atom. The minimum Gasteiger partial charge on any atom is -0.496 e. The summed E-state index contributed by atoms with van der Waals surface area (Å²) in [5.41, 5.74) is 4.16. The Bertz CT molecular complexity index is 1030. The first kappa shape index (κ1) is 20.3. The number of benzene rings is 1. The number of rotatable bonds is 5. The first-order valence-corrected chi connectivity index (χ1v) is 10.1. The van der Waals surface area contributed by atoms with E-state index >= 15 is 0 Å². The third-order valence-electron chi connectivity index (χ3n) is 5.44. The number of H-pyrrole nitrogens is 1. The summed E-state index contributed by atoms with van der Waals surface area (Å²) in [5.74, 6) is 0.567. The minimum atomic E-state index is -0.457. The Balaban J connectivity index is 1.76. The van der Waals surface area contributed by atoms with Crippen molar-refractivity contribution in [3.63, 3.8) is 0 Å². The number of aliphatic hydroxyl groups excluding tert-OH is 1. The molecule has 0 unspecified atom stereocenters. The lowest BCUT2D eigenvalue weighted by molar-refractivity contribution is -0.135. The van der Waals surface area contributed by atoms with E-state index in [1.165, 1.54) is 6.33 Å². The van der Waals surface area contributed by atoms with Crippen LogP contribution in [0.25, 0.3) is 22.5 Å².